The predicted molar refractivity (Wildman–Crippen MR) is 98.1 cm³/mol. The monoisotopic (exact) mass is 315 g/mol. The van der Waals surface area contributed by atoms with Crippen molar-refractivity contribution in [1.29, 1.82) is 0 Å². The third-order valence-electron chi connectivity index (χ3n) is 4.31. The fourth-order valence-corrected chi connectivity index (χ4v) is 2.75. The van der Waals surface area contributed by atoms with E-state index >= 15 is 0 Å². The molecule has 2 heteroatoms. The van der Waals surface area contributed by atoms with Crippen molar-refractivity contribution in [3.63, 3.8) is 0 Å². The predicted octanol–water partition coefficient (Wildman–Crippen LogP) is 4.82. The quantitative estimate of drug-likeness (QED) is 0.734. The molecular formula is C22H21NO. The second-order valence-electron chi connectivity index (χ2n) is 6.03. The maximum atomic E-state index is 12.6. The van der Waals surface area contributed by atoms with Gasteiger partial charge >= 0.3 is 0 Å². The van der Waals surface area contributed by atoms with Gasteiger partial charge in [-0.1, -0.05) is 66.7 Å². The van der Waals surface area contributed by atoms with E-state index in [0.29, 0.717) is 5.56 Å². The van der Waals surface area contributed by atoms with Crippen molar-refractivity contribution in [2.45, 2.75) is 19.9 Å². The highest BCUT2D eigenvalue weighted by molar-refractivity contribution is 5.94. The highest BCUT2D eigenvalue weighted by atomic mass is 16.1. The second kappa shape index (κ2) is 7.14. The summed E-state index contributed by atoms with van der Waals surface area (Å²) in [6.07, 6.45) is 0. The van der Waals surface area contributed by atoms with E-state index in [2.05, 4.69) is 37.4 Å². The molecule has 1 unspecified atom stereocenters. The molecule has 0 fully saturated rings. The third-order valence-corrected chi connectivity index (χ3v) is 4.31. The van der Waals surface area contributed by atoms with Crippen LogP contribution in [0.2, 0.25) is 0 Å². The van der Waals surface area contributed by atoms with E-state index in [9.17, 15) is 4.79 Å². The number of amides is 1. The van der Waals surface area contributed by atoms with Crippen LogP contribution in [-0.4, -0.2) is 5.91 Å². The Labute approximate surface area is 143 Å². The molecule has 24 heavy (non-hydrogen) atoms. The van der Waals surface area contributed by atoms with Crippen LogP contribution in [0, 0.1) is 13.8 Å². The van der Waals surface area contributed by atoms with Crippen LogP contribution in [0.1, 0.15) is 38.7 Å². The molecule has 0 radical (unpaired) electrons. The van der Waals surface area contributed by atoms with Crippen LogP contribution >= 0.6 is 0 Å². The number of aryl methyl sites for hydroxylation is 2. The van der Waals surface area contributed by atoms with Gasteiger partial charge in [-0.25, -0.2) is 0 Å². The Kier molecular flexibility index (Phi) is 4.76. The van der Waals surface area contributed by atoms with Crippen molar-refractivity contribution in [2.75, 3.05) is 0 Å². The standard InChI is InChI=1S/C22H21NO/c1-16-13-14-20(15-17(16)2)21(18-9-5-3-6-10-18)23-22(24)19-11-7-4-8-12-19/h3-15,21H,1-2H3,(H,23,24). The third kappa shape index (κ3) is 3.54. The number of rotatable bonds is 4. The van der Waals surface area contributed by atoms with Gasteiger partial charge in [-0.3, -0.25) is 4.79 Å². The topological polar surface area (TPSA) is 29.1 Å². The normalized spacial score (nSPS) is 11.8. The molecule has 0 bridgehead atoms. The van der Waals surface area contributed by atoms with Crippen LogP contribution in [0.25, 0.3) is 0 Å². The first kappa shape index (κ1) is 16.0. The first-order valence-corrected chi connectivity index (χ1v) is 8.13. The van der Waals surface area contributed by atoms with Crippen molar-refractivity contribution in [2.24, 2.45) is 0 Å². The Morgan fingerprint density at radius 1 is 0.750 bits per heavy atom. The zero-order valence-electron chi connectivity index (χ0n) is 14.0. The number of hydrogen-bond acceptors (Lipinski definition) is 1. The van der Waals surface area contributed by atoms with Crippen LogP contribution in [-0.2, 0) is 0 Å². The molecule has 0 saturated heterocycles. The van der Waals surface area contributed by atoms with Gasteiger partial charge in [0.15, 0.2) is 0 Å². The van der Waals surface area contributed by atoms with Crippen molar-refractivity contribution in [1.82, 2.24) is 5.32 Å². The molecule has 0 aliphatic rings. The summed E-state index contributed by atoms with van der Waals surface area (Å²) in [7, 11) is 0. The van der Waals surface area contributed by atoms with E-state index in [1.54, 1.807) is 0 Å². The van der Waals surface area contributed by atoms with E-state index in [1.165, 1.54) is 11.1 Å². The first-order valence-electron chi connectivity index (χ1n) is 8.13. The fourth-order valence-electron chi connectivity index (χ4n) is 2.75. The first-order chi connectivity index (χ1) is 11.6. The minimum atomic E-state index is -0.168. The lowest BCUT2D eigenvalue weighted by Crippen LogP contribution is -2.29. The molecule has 3 aromatic carbocycles. The van der Waals surface area contributed by atoms with Crippen LogP contribution in [0.4, 0.5) is 0 Å². The molecule has 1 amide bonds. The van der Waals surface area contributed by atoms with Gasteiger partial charge in [0.1, 0.15) is 0 Å². The van der Waals surface area contributed by atoms with Gasteiger partial charge in [-0.15, -0.1) is 0 Å². The Balaban J connectivity index is 1.96. The van der Waals surface area contributed by atoms with E-state index in [-0.39, 0.29) is 11.9 Å². The lowest BCUT2D eigenvalue weighted by atomic mass is 9.95. The Bertz CT molecular complexity index is 825. The largest absolute Gasteiger partial charge is 0.341 e. The second-order valence-corrected chi connectivity index (χ2v) is 6.03. The lowest BCUT2D eigenvalue weighted by Gasteiger charge is -2.21. The minimum absolute atomic E-state index is 0.0670. The van der Waals surface area contributed by atoms with Gasteiger partial charge in [-0.05, 0) is 48.2 Å². The maximum Gasteiger partial charge on any atom is 0.252 e. The summed E-state index contributed by atoms with van der Waals surface area (Å²) in [4.78, 5) is 12.6. The summed E-state index contributed by atoms with van der Waals surface area (Å²) in [5.41, 5.74) is 5.31. The van der Waals surface area contributed by atoms with Gasteiger partial charge in [0.05, 0.1) is 6.04 Å². The van der Waals surface area contributed by atoms with Crippen molar-refractivity contribution >= 4 is 5.91 Å². The summed E-state index contributed by atoms with van der Waals surface area (Å²) < 4.78 is 0. The highest BCUT2D eigenvalue weighted by Crippen LogP contribution is 2.24. The molecule has 0 saturated carbocycles. The summed E-state index contributed by atoms with van der Waals surface area (Å²) >= 11 is 0. The summed E-state index contributed by atoms with van der Waals surface area (Å²) in [6, 6.07) is 25.6. The number of benzene rings is 3. The molecule has 1 N–H and O–H groups in total. The average Bonchev–Trinajstić information content (AvgIpc) is 2.63. The van der Waals surface area contributed by atoms with Crippen LogP contribution in [0.15, 0.2) is 78.9 Å². The number of hydrogen-bond donors (Lipinski definition) is 1. The Morgan fingerprint density at radius 3 is 2.00 bits per heavy atom. The van der Waals surface area contributed by atoms with Gasteiger partial charge in [0.2, 0.25) is 0 Å². The number of nitrogens with one attached hydrogen (secondary N) is 1. The summed E-state index contributed by atoms with van der Waals surface area (Å²) in [5, 5.41) is 3.17. The average molecular weight is 315 g/mol. The number of carbonyl (C=O) groups is 1. The molecule has 1 atom stereocenters. The smallest absolute Gasteiger partial charge is 0.252 e. The van der Waals surface area contributed by atoms with Crippen LogP contribution in [0.3, 0.4) is 0 Å². The highest BCUT2D eigenvalue weighted by Gasteiger charge is 2.18. The van der Waals surface area contributed by atoms with E-state index in [1.807, 2.05) is 60.7 Å². The number of carbonyl (C=O) groups excluding carboxylic acids is 1. The Hall–Kier alpha value is -2.87. The summed E-state index contributed by atoms with van der Waals surface area (Å²) in [5.74, 6) is -0.0670. The SMILES string of the molecule is Cc1ccc(C(NC(=O)c2ccccc2)c2ccccc2)cc1C. The van der Waals surface area contributed by atoms with Crippen molar-refractivity contribution < 1.29 is 4.79 Å². The molecule has 0 spiro atoms. The molecule has 0 aromatic heterocycles. The molecular weight excluding hydrogens is 294 g/mol. The molecule has 0 aliphatic heterocycles. The van der Waals surface area contributed by atoms with Gasteiger partial charge < -0.3 is 5.32 Å². The van der Waals surface area contributed by atoms with Crippen LogP contribution < -0.4 is 5.32 Å². The molecule has 3 rings (SSSR count). The lowest BCUT2D eigenvalue weighted by molar-refractivity contribution is 0.0943. The Morgan fingerprint density at radius 2 is 1.38 bits per heavy atom. The van der Waals surface area contributed by atoms with Crippen molar-refractivity contribution in [3.05, 3.63) is 107 Å². The zero-order valence-corrected chi connectivity index (χ0v) is 14.0. The molecule has 120 valence electrons. The summed E-state index contributed by atoms with van der Waals surface area (Å²) in [6.45, 7) is 4.19. The maximum absolute atomic E-state index is 12.6. The van der Waals surface area contributed by atoms with E-state index in [0.717, 1.165) is 11.1 Å². The minimum Gasteiger partial charge on any atom is -0.341 e. The van der Waals surface area contributed by atoms with Gasteiger partial charge in [0.25, 0.3) is 5.91 Å². The molecule has 0 aliphatic carbocycles. The molecule has 3 aromatic rings. The fraction of sp³-hybridized carbons (Fsp3) is 0.136. The van der Waals surface area contributed by atoms with E-state index in [4.69, 9.17) is 0 Å². The molecule has 0 heterocycles. The molecule has 2 nitrogen and oxygen atoms in total. The van der Waals surface area contributed by atoms with Crippen molar-refractivity contribution in [3.8, 4) is 0 Å². The van der Waals surface area contributed by atoms with E-state index < -0.39 is 0 Å². The zero-order chi connectivity index (χ0) is 16.9. The van der Waals surface area contributed by atoms with Crippen LogP contribution in [0.5, 0.6) is 0 Å². The van der Waals surface area contributed by atoms with Gasteiger partial charge in [0, 0.05) is 5.56 Å². The van der Waals surface area contributed by atoms with Gasteiger partial charge in [-0.2, -0.15) is 0 Å².